The lowest BCUT2D eigenvalue weighted by atomic mass is 10.0. The molecule has 1 saturated heterocycles. The minimum atomic E-state index is 0.565. The molecule has 0 bridgehead atoms. The zero-order chi connectivity index (χ0) is 16.9. The van der Waals surface area contributed by atoms with E-state index in [1.54, 1.807) is 6.33 Å². The fraction of sp³-hybridized carbons (Fsp3) is 0.789. The van der Waals surface area contributed by atoms with Gasteiger partial charge in [0.05, 0.1) is 0 Å². The molecular formula is C19H33N5. The zero-order valence-corrected chi connectivity index (χ0v) is 15.6. The van der Waals surface area contributed by atoms with Crippen molar-refractivity contribution >= 4 is 5.82 Å². The molecule has 0 amide bonds. The number of fused-ring (bicyclic) bond motifs is 1. The lowest BCUT2D eigenvalue weighted by Gasteiger charge is -2.40. The van der Waals surface area contributed by atoms with E-state index in [0.29, 0.717) is 12.0 Å². The molecule has 2 heterocycles. The monoisotopic (exact) mass is 331 g/mol. The summed E-state index contributed by atoms with van der Waals surface area (Å²) >= 11 is 0. The summed E-state index contributed by atoms with van der Waals surface area (Å²) in [6.45, 7) is 10.3. The largest absolute Gasteiger partial charge is 0.368 e. The van der Waals surface area contributed by atoms with Crippen LogP contribution in [0.2, 0.25) is 0 Å². The van der Waals surface area contributed by atoms with E-state index in [1.807, 2.05) is 0 Å². The van der Waals surface area contributed by atoms with Crippen molar-refractivity contribution in [2.24, 2.45) is 5.92 Å². The average molecular weight is 332 g/mol. The second-order valence-electron chi connectivity index (χ2n) is 7.74. The van der Waals surface area contributed by atoms with Crippen LogP contribution in [0.3, 0.4) is 0 Å². The maximum absolute atomic E-state index is 4.57. The molecule has 5 heteroatoms. The van der Waals surface area contributed by atoms with Crippen LogP contribution in [-0.4, -0.2) is 65.6 Å². The van der Waals surface area contributed by atoms with Gasteiger partial charge in [-0.3, -0.25) is 4.90 Å². The van der Waals surface area contributed by atoms with Crippen LogP contribution in [0.5, 0.6) is 0 Å². The summed E-state index contributed by atoms with van der Waals surface area (Å²) in [6.07, 6.45) is 7.82. The van der Waals surface area contributed by atoms with Crippen molar-refractivity contribution in [2.75, 3.05) is 45.1 Å². The summed E-state index contributed by atoms with van der Waals surface area (Å²) in [5.41, 5.74) is 2.64. The van der Waals surface area contributed by atoms with Gasteiger partial charge in [0.2, 0.25) is 0 Å². The van der Waals surface area contributed by atoms with E-state index >= 15 is 0 Å². The van der Waals surface area contributed by atoms with Crippen molar-refractivity contribution in [3.8, 4) is 0 Å². The van der Waals surface area contributed by atoms with E-state index in [-0.39, 0.29) is 0 Å². The first kappa shape index (κ1) is 17.6. The number of anilines is 1. The number of piperazine rings is 1. The van der Waals surface area contributed by atoms with Crippen molar-refractivity contribution in [1.29, 1.82) is 0 Å². The molecular weight excluding hydrogens is 298 g/mol. The first-order valence-corrected chi connectivity index (χ1v) is 9.64. The molecule has 5 nitrogen and oxygen atoms in total. The zero-order valence-electron chi connectivity index (χ0n) is 15.6. The van der Waals surface area contributed by atoms with Gasteiger partial charge in [-0.1, -0.05) is 20.3 Å². The third-order valence-electron chi connectivity index (χ3n) is 5.63. The van der Waals surface area contributed by atoms with E-state index in [1.165, 1.54) is 56.7 Å². The minimum absolute atomic E-state index is 0.565. The average Bonchev–Trinajstić information content (AvgIpc) is 2.82. The van der Waals surface area contributed by atoms with Gasteiger partial charge in [-0.05, 0) is 38.6 Å². The molecule has 134 valence electrons. The Bertz CT molecular complexity index is 522. The predicted molar refractivity (Wildman–Crippen MR) is 99.5 cm³/mol. The van der Waals surface area contributed by atoms with Crippen molar-refractivity contribution in [2.45, 2.75) is 52.0 Å². The molecule has 0 spiro atoms. The fourth-order valence-electron chi connectivity index (χ4n) is 3.99. The lowest BCUT2D eigenvalue weighted by molar-refractivity contribution is 0.0944. The van der Waals surface area contributed by atoms with E-state index in [2.05, 4.69) is 46.0 Å². The van der Waals surface area contributed by atoms with E-state index in [4.69, 9.17) is 0 Å². The van der Waals surface area contributed by atoms with E-state index < -0.39 is 0 Å². The molecule has 1 N–H and O–H groups in total. The molecule has 0 aromatic carbocycles. The maximum atomic E-state index is 4.57. The Hall–Kier alpha value is -1.20. The maximum Gasteiger partial charge on any atom is 0.132 e. The summed E-state index contributed by atoms with van der Waals surface area (Å²) in [6, 6.07) is 0.565. The van der Waals surface area contributed by atoms with Crippen LogP contribution in [-0.2, 0) is 12.8 Å². The van der Waals surface area contributed by atoms with Gasteiger partial charge in [-0.15, -0.1) is 0 Å². The van der Waals surface area contributed by atoms with Gasteiger partial charge < -0.3 is 10.2 Å². The quantitative estimate of drug-likeness (QED) is 0.840. The van der Waals surface area contributed by atoms with Gasteiger partial charge in [0, 0.05) is 50.0 Å². The first-order chi connectivity index (χ1) is 11.6. The molecule has 3 rings (SSSR count). The highest BCUT2D eigenvalue weighted by Gasteiger charge is 2.25. The highest BCUT2D eigenvalue weighted by atomic mass is 15.3. The van der Waals surface area contributed by atoms with Crippen molar-refractivity contribution in [1.82, 2.24) is 19.8 Å². The van der Waals surface area contributed by atoms with Crippen LogP contribution in [0.1, 0.15) is 44.4 Å². The van der Waals surface area contributed by atoms with E-state index in [0.717, 1.165) is 25.2 Å². The Morgan fingerprint density at radius 1 is 1.04 bits per heavy atom. The van der Waals surface area contributed by atoms with Gasteiger partial charge in [0.1, 0.15) is 12.1 Å². The molecule has 1 fully saturated rings. The van der Waals surface area contributed by atoms with Gasteiger partial charge in [-0.25, -0.2) is 9.97 Å². The van der Waals surface area contributed by atoms with Gasteiger partial charge >= 0.3 is 0 Å². The smallest absolute Gasteiger partial charge is 0.132 e. The molecule has 2 aliphatic rings. The molecule has 1 aromatic rings. The summed E-state index contributed by atoms with van der Waals surface area (Å²) in [5, 5.41) is 3.68. The molecule has 1 atom stereocenters. The number of nitrogens with zero attached hydrogens (tertiary/aromatic N) is 4. The second-order valence-corrected chi connectivity index (χ2v) is 7.74. The molecule has 1 aromatic heterocycles. The Kier molecular flexibility index (Phi) is 6.06. The van der Waals surface area contributed by atoms with Gasteiger partial charge in [-0.2, -0.15) is 0 Å². The summed E-state index contributed by atoms with van der Waals surface area (Å²) < 4.78 is 0. The lowest BCUT2D eigenvalue weighted by Crippen LogP contribution is -2.52. The number of likely N-dealkylation sites (N-methyl/N-ethyl adjacent to an activating group) is 1. The standard InChI is InChI=1S/C19H33N5/c1-15(2)18(24-11-9-23(3)10-12-24)13-20-19-16-7-5-4-6-8-17(16)21-14-22-19/h14-15,18H,4-13H2,1-3H3,(H,20,21,22). The van der Waals surface area contributed by atoms with Gasteiger partial charge in [0.25, 0.3) is 0 Å². The molecule has 0 saturated carbocycles. The Morgan fingerprint density at radius 2 is 1.79 bits per heavy atom. The summed E-state index contributed by atoms with van der Waals surface area (Å²) in [4.78, 5) is 14.2. The SMILES string of the molecule is CC(C)C(CNc1ncnc2c1CCCCC2)N1CCN(C)CC1. The first-order valence-electron chi connectivity index (χ1n) is 9.64. The number of hydrogen-bond acceptors (Lipinski definition) is 5. The highest BCUT2D eigenvalue weighted by molar-refractivity contribution is 5.46. The van der Waals surface area contributed by atoms with Crippen molar-refractivity contribution in [3.05, 3.63) is 17.6 Å². The van der Waals surface area contributed by atoms with Gasteiger partial charge in [0.15, 0.2) is 0 Å². The van der Waals surface area contributed by atoms with E-state index in [9.17, 15) is 0 Å². The summed E-state index contributed by atoms with van der Waals surface area (Å²) in [7, 11) is 2.22. The number of rotatable bonds is 5. The molecule has 1 aliphatic carbocycles. The summed E-state index contributed by atoms with van der Waals surface area (Å²) in [5.74, 6) is 1.73. The third kappa shape index (κ3) is 4.25. The van der Waals surface area contributed by atoms with Crippen LogP contribution >= 0.6 is 0 Å². The number of aryl methyl sites for hydroxylation is 1. The molecule has 1 unspecified atom stereocenters. The molecule has 0 radical (unpaired) electrons. The Morgan fingerprint density at radius 3 is 2.54 bits per heavy atom. The highest BCUT2D eigenvalue weighted by Crippen LogP contribution is 2.24. The number of hydrogen-bond donors (Lipinski definition) is 1. The normalized spacial score (nSPS) is 21.3. The Labute approximate surface area is 146 Å². The van der Waals surface area contributed by atoms with Crippen LogP contribution < -0.4 is 5.32 Å². The molecule has 1 aliphatic heterocycles. The number of aromatic nitrogens is 2. The van der Waals surface area contributed by atoms with Crippen molar-refractivity contribution < 1.29 is 0 Å². The molecule has 24 heavy (non-hydrogen) atoms. The predicted octanol–water partition coefficient (Wildman–Crippen LogP) is 2.43. The third-order valence-corrected chi connectivity index (χ3v) is 5.63. The minimum Gasteiger partial charge on any atom is -0.368 e. The number of nitrogens with one attached hydrogen (secondary N) is 1. The van der Waals surface area contributed by atoms with Crippen LogP contribution in [0.4, 0.5) is 5.82 Å². The topological polar surface area (TPSA) is 44.3 Å². The fourth-order valence-corrected chi connectivity index (χ4v) is 3.99. The van der Waals surface area contributed by atoms with Crippen LogP contribution in [0.15, 0.2) is 6.33 Å². The van der Waals surface area contributed by atoms with Crippen molar-refractivity contribution in [3.63, 3.8) is 0 Å². The van der Waals surface area contributed by atoms with Crippen LogP contribution in [0.25, 0.3) is 0 Å². The van der Waals surface area contributed by atoms with Crippen LogP contribution in [0, 0.1) is 5.92 Å². The Balaban J connectivity index is 1.67. The second kappa shape index (κ2) is 8.26.